The molecule has 12 heavy (non-hydrogen) atoms. The first-order chi connectivity index (χ1) is 5.39. The molecule has 0 unspecified atom stereocenters. The lowest BCUT2D eigenvalue weighted by atomic mass is 10.4. The van der Waals surface area contributed by atoms with Gasteiger partial charge in [-0.2, -0.15) is 8.42 Å². The highest BCUT2D eigenvalue weighted by atomic mass is 32.2. The van der Waals surface area contributed by atoms with Crippen LogP contribution in [-0.4, -0.2) is 42.3 Å². The van der Waals surface area contributed by atoms with Gasteiger partial charge < -0.3 is 10.4 Å². The normalized spacial score (nSPS) is 13.4. The Balaban J connectivity index is 4.46. The second-order valence-corrected chi connectivity index (χ2v) is 3.47. The van der Waals surface area contributed by atoms with Gasteiger partial charge in [-0.15, -0.1) is 0 Å². The third kappa shape index (κ3) is 3.30. The fourth-order valence-corrected chi connectivity index (χ4v) is 1.04. The minimum absolute atomic E-state index is 0.140. The van der Waals surface area contributed by atoms with Crippen LogP contribution in [0.25, 0.3) is 0 Å². The number of aliphatic carboxylic acids is 1. The number of hydrogen-bond donors (Lipinski definition) is 3. The van der Waals surface area contributed by atoms with Crippen LogP contribution < -0.4 is 5.32 Å². The van der Waals surface area contributed by atoms with Crippen molar-refractivity contribution in [2.24, 2.45) is 0 Å². The Morgan fingerprint density at radius 3 is 2.33 bits per heavy atom. The van der Waals surface area contributed by atoms with Crippen LogP contribution in [0.15, 0.2) is 0 Å². The zero-order chi connectivity index (χ0) is 9.78. The molecule has 0 bridgehead atoms. The first kappa shape index (κ1) is 10.8. The molecule has 0 aliphatic rings. The van der Waals surface area contributed by atoms with E-state index in [1.165, 1.54) is 0 Å². The first-order valence-corrected chi connectivity index (χ1v) is 4.26. The Bertz CT molecular complexity index is 269. The summed E-state index contributed by atoms with van der Waals surface area (Å²) in [6.07, 6.45) is 0.140. The smallest absolute Gasteiger partial charge is 0.326 e. The van der Waals surface area contributed by atoms with Gasteiger partial charge in [-0.25, -0.2) is 0 Å². The van der Waals surface area contributed by atoms with E-state index in [0.29, 0.717) is 0 Å². The van der Waals surface area contributed by atoms with Crippen LogP contribution >= 0.6 is 0 Å². The molecule has 0 aliphatic heterocycles. The van der Waals surface area contributed by atoms with Crippen molar-refractivity contribution in [3.05, 3.63) is 0 Å². The number of hydrogen-bond acceptors (Lipinski definition) is 4. The monoisotopic (exact) mass is 197 g/mol. The summed E-state index contributed by atoms with van der Waals surface area (Å²) in [6.45, 7) is -0.655. The van der Waals surface area contributed by atoms with Crippen molar-refractivity contribution < 1.29 is 27.7 Å². The van der Waals surface area contributed by atoms with Gasteiger partial charge in [-0.05, 0) is 0 Å². The molecule has 1 amide bonds. The third-order valence-corrected chi connectivity index (χ3v) is 2.11. The van der Waals surface area contributed by atoms with Crippen LogP contribution in [-0.2, 0) is 19.7 Å². The molecule has 0 saturated heterocycles. The number of carboxylic acids is 1. The number of nitrogens with one attached hydrogen (secondary N) is 1. The zero-order valence-corrected chi connectivity index (χ0v) is 6.61. The van der Waals surface area contributed by atoms with E-state index in [2.05, 4.69) is 0 Å². The molecule has 1 atom stereocenters. The molecule has 0 rings (SSSR count). The van der Waals surface area contributed by atoms with Crippen LogP contribution in [0.2, 0.25) is 0 Å². The van der Waals surface area contributed by atoms with Crippen molar-refractivity contribution in [2.45, 2.75) is 5.25 Å². The highest BCUT2D eigenvalue weighted by Gasteiger charge is 2.30. The van der Waals surface area contributed by atoms with Crippen molar-refractivity contribution in [1.82, 2.24) is 5.32 Å². The summed E-state index contributed by atoms with van der Waals surface area (Å²) < 4.78 is 28.9. The van der Waals surface area contributed by atoms with E-state index in [1.807, 2.05) is 5.32 Å². The molecule has 70 valence electrons. The average molecular weight is 197 g/mol. The van der Waals surface area contributed by atoms with Crippen LogP contribution in [0.4, 0.5) is 0 Å². The van der Waals surface area contributed by atoms with E-state index in [1.54, 1.807) is 0 Å². The largest absolute Gasteiger partial charge is 0.480 e. The lowest BCUT2D eigenvalue weighted by Crippen LogP contribution is -2.38. The van der Waals surface area contributed by atoms with Gasteiger partial charge in [0, 0.05) is 6.54 Å². The van der Waals surface area contributed by atoms with Crippen LogP contribution in [0.1, 0.15) is 0 Å². The predicted molar refractivity (Wildman–Crippen MR) is 37.0 cm³/mol. The summed E-state index contributed by atoms with van der Waals surface area (Å²) in [5, 5.41) is 8.06. The molecule has 0 aromatic heterocycles. The molecule has 3 N–H and O–H groups in total. The zero-order valence-electron chi connectivity index (χ0n) is 5.80. The van der Waals surface area contributed by atoms with E-state index in [9.17, 15) is 18.0 Å². The molecule has 0 spiro atoms. The van der Waals surface area contributed by atoms with E-state index >= 15 is 0 Å². The van der Waals surface area contributed by atoms with E-state index < -0.39 is 27.9 Å². The Hall–Kier alpha value is -1.15. The second kappa shape index (κ2) is 4.02. The van der Waals surface area contributed by atoms with Gasteiger partial charge in [0.2, 0.25) is 11.7 Å². The molecular weight excluding hydrogens is 190 g/mol. The van der Waals surface area contributed by atoms with Crippen molar-refractivity contribution in [2.75, 3.05) is 6.54 Å². The number of amides is 1. The van der Waals surface area contributed by atoms with Gasteiger partial charge in [0.05, 0.1) is 0 Å². The molecule has 0 radical (unpaired) electrons. The van der Waals surface area contributed by atoms with Gasteiger partial charge in [-0.1, -0.05) is 0 Å². The van der Waals surface area contributed by atoms with Gasteiger partial charge in [0.15, 0.2) is 0 Å². The molecule has 0 heterocycles. The van der Waals surface area contributed by atoms with Gasteiger partial charge in [-0.3, -0.25) is 14.1 Å². The molecule has 0 saturated carbocycles. The van der Waals surface area contributed by atoms with Crippen molar-refractivity contribution in [3.63, 3.8) is 0 Å². The van der Waals surface area contributed by atoms with Crippen molar-refractivity contribution >= 4 is 22.5 Å². The SMILES string of the molecule is O=CNC[C@@H](C(=O)O)S(=O)(=O)O. The summed E-state index contributed by atoms with van der Waals surface area (Å²) in [4.78, 5) is 19.8. The summed E-state index contributed by atoms with van der Waals surface area (Å²) in [5.41, 5.74) is 0. The summed E-state index contributed by atoms with van der Waals surface area (Å²) in [7, 11) is -4.66. The fraction of sp³-hybridized carbons (Fsp3) is 0.500. The fourth-order valence-electron chi connectivity index (χ4n) is 0.475. The molecule has 0 aliphatic carbocycles. The van der Waals surface area contributed by atoms with Crippen LogP contribution in [0, 0.1) is 0 Å². The highest BCUT2D eigenvalue weighted by molar-refractivity contribution is 7.87. The maximum Gasteiger partial charge on any atom is 0.326 e. The topological polar surface area (TPSA) is 121 Å². The van der Waals surface area contributed by atoms with Crippen LogP contribution in [0.5, 0.6) is 0 Å². The standard InChI is InChI=1S/C4H7NO6S/c6-2-5-1-3(4(7)8)12(9,10)11/h2-3H,1H2,(H,5,6)(H,7,8)(H,9,10,11)/t3-/m0/s1. The van der Waals surface area contributed by atoms with Crippen LogP contribution in [0.3, 0.4) is 0 Å². The minimum Gasteiger partial charge on any atom is -0.480 e. The average Bonchev–Trinajstić information content (AvgIpc) is 1.84. The van der Waals surface area contributed by atoms with E-state index in [0.717, 1.165) is 0 Å². The highest BCUT2D eigenvalue weighted by Crippen LogP contribution is 1.96. The number of rotatable bonds is 5. The molecule has 0 aromatic rings. The number of carbonyl (C=O) groups is 2. The molecule has 7 nitrogen and oxygen atoms in total. The third-order valence-electron chi connectivity index (χ3n) is 1.02. The first-order valence-electron chi connectivity index (χ1n) is 2.75. The van der Waals surface area contributed by atoms with E-state index in [-0.39, 0.29) is 6.41 Å². The summed E-state index contributed by atoms with van der Waals surface area (Å²) >= 11 is 0. The summed E-state index contributed by atoms with van der Waals surface area (Å²) in [5.74, 6) is -1.72. The summed E-state index contributed by atoms with van der Waals surface area (Å²) in [6, 6.07) is 0. The molecule has 0 fully saturated rings. The van der Waals surface area contributed by atoms with Crippen molar-refractivity contribution in [3.8, 4) is 0 Å². The van der Waals surface area contributed by atoms with Crippen molar-refractivity contribution in [1.29, 1.82) is 0 Å². The lowest BCUT2D eigenvalue weighted by molar-refractivity contribution is -0.136. The number of carboxylic acid groups (broad SMARTS) is 1. The maximum atomic E-state index is 10.3. The lowest BCUT2D eigenvalue weighted by Gasteiger charge is -2.06. The number of carbonyl (C=O) groups excluding carboxylic acids is 1. The van der Waals surface area contributed by atoms with E-state index in [4.69, 9.17) is 9.66 Å². The van der Waals surface area contributed by atoms with Gasteiger partial charge in [0.1, 0.15) is 0 Å². The Morgan fingerprint density at radius 2 is 2.08 bits per heavy atom. The molecule has 8 heteroatoms. The van der Waals surface area contributed by atoms with Gasteiger partial charge >= 0.3 is 5.97 Å². The Labute approximate surface area is 68.1 Å². The van der Waals surface area contributed by atoms with Gasteiger partial charge in [0.25, 0.3) is 10.1 Å². The Morgan fingerprint density at radius 1 is 1.58 bits per heavy atom. The molecular formula is C4H7NO6S. The second-order valence-electron chi connectivity index (χ2n) is 1.87. The minimum atomic E-state index is -4.66. The molecule has 0 aromatic carbocycles. The Kier molecular flexibility index (Phi) is 3.64. The quantitative estimate of drug-likeness (QED) is 0.348. The maximum absolute atomic E-state index is 10.3. The predicted octanol–water partition coefficient (Wildman–Crippen LogP) is -1.93.